The number of hydrogen-bond acceptors (Lipinski definition) is 5. The lowest BCUT2D eigenvalue weighted by Crippen LogP contribution is -2.16. The zero-order chi connectivity index (χ0) is 15.3. The van der Waals surface area contributed by atoms with Crippen molar-refractivity contribution in [3.05, 3.63) is 23.8 Å². The molecular weight excluding hydrogens is 260 g/mol. The number of benzene rings is 1. The highest BCUT2D eigenvalue weighted by Crippen LogP contribution is 2.32. The van der Waals surface area contributed by atoms with E-state index in [-0.39, 0.29) is 48.1 Å². The van der Waals surface area contributed by atoms with Crippen LogP contribution < -0.4 is 0 Å². The Bertz CT molecular complexity index is 493. The van der Waals surface area contributed by atoms with Gasteiger partial charge < -0.3 is 19.7 Å². The van der Waals surface area contributed by atoms with Crippen LogP contribution in [0.1, 0.15) is 45.1 Å². The van der Waals surface area contributed by atoms with E-state index in [1.807, 2.05) is 0 Å². The van der Waals surface area contributed by atoms with Crippen molar-refractivity contribution in [3.63, 3.8) is 0 Å². The first-order chi connectivity index (χ1) is 9.29. The van der Waals surface area contributed by atoms with Gasteiger partial charge in [0, 0.05) is 12.3 Å². The van der Waals surface area contributed by atoms with Crippen LogP contribution in [0, 0.1) is 0 Å². The van der Waals surface area contributed by atoms with Gasteiger partial charge in [-0.3, -0.25) is 4.79 Å². The zero-order valence-electron chi connectivity index (χ0n) is 11.9. The van der Waals surface area contributed by atoms with Crippen molar-refractivity contribution in [1.82, 2.24) is 0 Å². The van der Waals surface area contributed by atoms with E-state index in [2.05, 4.69) is 0 Å². The van der Waals surface area contributed by atoms with Gasteiger partial charge in [-0.05, 0) is 38.5 Å². The molecule has 1 atom stereocenters. The number of phenols is 2. The van der Waals surface area contributed by atoms with Crippen molar-refractivity contribution in [2.45, 2.75) is 45.6 Å². The number of esters is 1. The van der Waals surface area contributed by atoms with Gasteiger partial charge in [0.15, 0.2) is 11.5 Å². The van der Waals surface area contributed by atoms with Gasteiger partial charge in [0.25, 0.3) is 0 Å². The Balaban J connectivity index is 2.90. The van der Waals surface area contributed by atoms with Crippen molar-refractivity contribution in [1.29, 1.82) is 0 Å². The van der Waals surface area contributed by atoms with Crippen LogP contribution in [0.4, 0.5) is 0 Å². The number of Topliss-reactive ketones (excluding diaryl/α,β-unsaturated/α-hetero) is 1. The largest absolute Gasteiger partial charge is 0.504 e. The van der Waals surface area contributed by atoms with Gasteiger partial charge >= 0.3 is 5.97 Å². The number of carbonyl (C=O) groups is 2. The third kappa shape index (κ3) is 4.91. The van der Waals surface area contributed by atoms with Gasteiger partial charge in [-0.15, -0.1) is 0 Å². The molecular formula is C15H20O5. The third-order valence-corrected chi connectivity index (χ3v) is 2.78. The van der Waals surface area contributed by atoms with Crippen molar-refractivity contribution < 1.29 is 24.5 Å². The summed E-state index contributed by atoms with van der Waals surface area (Å²) in [5, 5.41) is 18.8. The number of ketones is 1. The second-order valence-electron chi connectivity index (χ2n) is 5.09. The van der Waals surface area contributed by atoms with Crippen molar-refractivity contribution in [3.8, 4) is 11.5 Å². The van der Waals surface area contributed by atoms with Crippen LogP contribution in [0.25, 0.3) is 0 Å². The normalized spacial score (nSPS) is 12.2. The van der Waals surface area contributed by atoms with Gasteiger partial charge in [0.2, 0.25) is 0 Å². The predicted octanol–water partition coefficient (Wildman–Crippen LogP) is 2.50. The summed E-state index contributed by atoms with van der Waals surface area (Å²) in [5.41, 5.74) is 0.621. The molecule has 0 fully saturated rings. The lowest BCUT2D eigenvalue weighted by atomic mass is 9.91. The number of ether oxygens (including phenoxy) is 1. The quantitative estimate of drug-likeness (QED) is 0.618. The Morgan fingerprint density at radius 3 is 2.30 bits per heavy atom. The third-order valence-electron chi connectivity index (χ3n) is 2.78. The Morgan fingerprint density at radius 2 is 1.80 bits per heavy atom. The average Bonchev–Trinajstić information content (AvgIpc) is 2.30. The Labute approximate surface area is 118 Å². The summed E-state index contributed by atoms with van der Waals surface area (Å²) in [6.45, 7) is 4.95. The van der Waals surface area contributed by atoms with Crippen molar-refractivity contribution in [2.24, 2.45) is 0 Å². The lowest BCUT2D eigenvalue weighted by Gasteiger charge is -2.17. The van der Waals surface area contributed by atoms with E-state index in [0.717, 1.165) is 0 Å². The molecule has 0 aliphatic heterocycles. The molecule has 0 aliphatic carbocycles. The van der Waals surface area contributed by atoms with E-state index in [4.69, 9.17) is 4.74 Å². The molecule has 5 nitrogen and oxygen atoms in total. The molecule has 1 aromatic carbocycles. The Hall–Kier alpha value is -2.04. The fraction of sp³-hybridized carbons (Fsp3) is 0.467. The summed E-state index contributed by atoms with van der Waals surface area (Å²) in [6.07, 6.45) is 0.0213. The molecule has 1 rings (SSSR count). The minimum Gasteiger partial charge on any atom is -0.504 e. The molecule has 1 aromatic rings. The minimum atomic E-state index is -0.390. The standard InChI is InChI=1S/C15H20O5/c1-9(2)20-15(19)8-12(6-10(3)16)11-4-5-13(17)14(18)7-11/h4-5,7,9,12,17-18H,6,8H2,1-3H3. The van der Waals surface area contributed by atoms with E-state index in [9.17, 15) is 19.8 Å². The topological polar surface area (TPSA) is 83.8 Å². The number of aromatic hydroxyl groups is 2. The van der Waals surface area contributed by atoms with Gasteiger partial charge in [-0.1, -0.05) is 6.07 Å². The molecule has 0 amide bonds. The van der Waals surface area contributed by atoms with Crippen LogP contribution in [0.3, 0.4) is 0 Å². The molecule has 1 unspecified atom stereocenters. The van der Waals surface area contributed by atoms with Crippen LogP contribution in [-0.4, -0.2) is 28.1 Å². The SMILES string of the molecule is CC(=O)CC(CC(=O)OC(C)C)c1ccc(O)c(O)c1. The summed E-state index contributed by atoms with van der Waals surface area (Å²) in [7, 11) is 0. The molecule has 0 radical (unpaired) electrons. The maximum absolute atomic E-state index is 11.7. The molecule has 20 heavy (non-hydrogen) atoms. The summed E-state index contributed by atoms with van der Waals surface area (Å²) < 4.78 is 5.08. The monoisotopic (exact) mass is 280 g/mol. The molecule has 0 heterocycles. The molecule has 0 aromatic heterocycles. The maximum Gasteiger partial charge on any atom is 0.306 e. The van der Waals surface area contributed by atoms with Gasteiger partial charge in [-0.2, -0.15) is 0 Å². The Morgan fingerprint density at radius 1 is 1.15 bits per heavy atom. The van der Waals surface area contributed by atoms with Gasteiger partial charge in [0.1, 0.15) is 5.78 Å². The smallest absolute Gasteiger partial charge is 0.306 e. The van der Waals surface area contributed by atoms with Crippen LogP contribution in [-0.2, 0) is 14.3 Å². The van der Waals surface area contributed by atoms with Crippen molar-refractivity contribution in [2.75, 3.05) is 0 Å². The summed E-state index contributed by atoms with van der Waals surface area (Å²) in [5.74, 6) is -1.32. The second-order valence-corrected chi connectivity index (χ2v) is 5.09. The van der Waals surface area contributed by atoms with E-state index in [1.54, 1.807) is 19.9 Å². The molecule has 0 bridgehead atoms. The molecule has 2 N–H and O–H groups in total. The van der Waals surface area contributed by atoms with Crippen LogP contribution in [0.15, 0.2) is 18.2 Å². The molecule has 0 saturated heterocycles. The van der Waals surface area contributed by atoms with E-state index >= 15 is 0 Å². The zero-order valence-corrected chi connectivity index (χ0v) is 11.9. The summed E-state index contributed by atoms with van der Waals surface area (Å²) in [6, 6.07) is 4.29. The first-order valence-electron chi connectivity index (χ1n) is 6.50. The average molecular weight is 280 g/mol. The predicted molar refractivity (Wildman–Crippen MR) is 73.7 cm³/mol. The fourth-order valence-corrected chi connectivity index (χ4v) is 1.96. The Kier molecular flexibility index (Phi) is 5.55. The number of hydrogen-bond donors (Lipinski definition) is 2. The molecule has 0 aliphatic rings. The number of phenolic OH excluding ortho intramolecular Hbond substituents is 2. The first-order valence-corrected chi connectivity index (χ1v) is 6.50. The van der Waals surface area contributed by atoms with E-state index in [1.165, 1.54) is 19.1 Å². The van der Waals surface area contributed by atoms with Crippen LogP contribution in [0.2, 0.25) is 0 Å². The highest BCUT2D eigenvalue weighted by molar-refractivity contribution is 5.78. The van der Waals surface area contributed by atoms with Crippen molar-refractivity contribution >= 4 is 11.8 Å². The van der Waals surface area contributed by atoms with Gasteiger partial charge in [-0.25, -0.2) is 0 Å². The van der Waals surface area contributed by atoms with E-state index in [0.29, 0.717) is 5.56 Å². The highest BCUT2D eigenvalue weighted by atomic mass is 16.5. The second kappa shape index (κ2) is 6.93. The van der Waals surface area contributed by atoms with Crippen LogP contribution in [0.5, 0.6) is 11.5 Å². The summed E-state index contributed by atoms with van der Waals surface area (Å²) >= 11 is 0. The summed E-state index contributed by atoms with van der Waals surface area (Å²) in [4.78, 5) is 23.0. The maximum atomic E-state index is 11.7. The highest BCUT2D eigenvalue weighted by Gasteiger charge is 2.20. The molecule has 0 saturated carbocycles. The molecule has 5 heteroatoms. The van der Waals surface area contributed by atoms with E-state index < -0.39 is 0 Å². The number of rotatable bonds is 6. The number of carbonyl (C=O) groups excluding carboxylic acids is 2. The van der Waals surface area contributed by atoms with Gasteiger partial charge in [0.05, 0.1) is 12.5 Å². The fourth-order valence-electron chi connectivity index (χ4n) is 1.96. The first kappa shape index (κ1) is 16.0. The van der Waals surface area contributed by atoms with Crippen LogP contribution >= 0.6 is 0 Å². The minimum absolute atomic E-state index is 0.0556. The molecule has 110 valence electrons. The lowest BCUT2D eigenvalue weighted by molar-refractivity contribution is -0.147. The molecule has 0 spiro atoms.